The van der Waals surface area contributed by atoms with E-state index in [-0.39, 0.29) is 17.4 Å². The van der Waals surface area contributed by atoms with Crippen molar-refractivity contribution in [3.8, 4) is 0 Å². The van der Waals surface area contributed by atoms with Gasteiger partial charge < -0.3 is 15.1 Å². The minimum atomic E-state index is -0.492. The smallest absolute Gasteiger partial charge is 0.256 e. The average molecular weight is 532 g/mol. The monoisotopic (exact) mass is 531 g/mol. The molecule has 0 aliphatic carbocycles. The van der Waals surface area contributed by atoms with Gasteiger partial charge in [-0.15, -0.1) is 0 Å². The van der Waals surface area contributed by atoms with Crippen LogP contribution in [0.1, 0.15) is 20.7 Å². The van der Waals surface area contributed by atoms with Gasteiger partial charge >= 0.3 is 0 Å². The van der Waals surface area contributed by atoms with Crippen molar-refractivity contribution >= 4 is 49.9 Å². The van der Waals surface area contributed by atoms with Gasteiger partial charge in [-0.25, -0.2) is 4.39 Å². The number of rotatable bonds is 4. The van der Waals surface area contributed by atoms with Crippen LogP contribution in [0.4, 0.5) is 15.8 Å². The Bertz CT molecular complexity index is 1400. The number of carbonyl (C=O) groups is 2. The van der Waals surface area contributed by atoms with E-state index < -0.39 is 5.82 Å². The van der Waals surface area contributed by atoms with Gasteiger partial charge in [-0.05, 0) is 59.3 Å². The molecule has 1 aliphatic rings. The first kappa shape index (κ1) is 23.1. The average Bonchev–Trinajstić information content (AvgIpc) is 2.89. The maximum absolute atomic E-state index is 14.0. The Kier molecular flexibility index (Phi) is 6.51. The van der Waals surface area contributed by atoms with Crippen molar-refractivity contribution < 1.29 is 14.0 Å². The van der Waals surface area contributed by atoms with Gasteiger partial charge in [-0.2, -0.15) is 0 Å². The molecule has 1 heterocycles. The third-order valence-corrected chi connectivity index (χ3v) is 6.97. The molecule has 5 rings (SSSR count). The summed E-state index contributed by atoms with van der Waals surface area (Å²) >= 11 is 3.54. The molecule has 0 aromatic heterocycles. The van der Waals surface area contributed by atoms with Crippen LogP contribution in [-0.4, -0.2) is 42.9 Å². The van der Waals surface area contributed by atoms with Crippen LogP contribution in [-0.2, 0) is 0 Å². The van der Waals surface area contributed by atoms with Crippen LogP contribution in [0.15, 0.2) is 89.4 Å². The molecule has 1 N–H and O–H groups in total. The van der Waals surface area contributed by atoms with Gasteiger partial charge in [0.25, 0.3) is 11.8 Å². The number of nitrogens with zero attached hydrogens (tertiary/aromatic N) is 2. The van der Waals surface area contributed by atoms with E-state index >= 15 is 0 Å². The Morgan fingerprint density at radius 3 is 2.14 bits per heavy atom. The highest BCUT2D eigenvalue weighted by Gasteiger charge is 2.24. The zero-order chi connectivity index (χ0) is 24.4. The lowest BCUT2D eigenvalue weighted by Gasteiger charge is -2.36. The number of hydrogen-bond donors (Lipinski definition) is 1. The molecule has 35 heavy (non-hydrogen) atoms. The summed E-state index contributed by atoms with van der Waals surface area (Å²) in [6.45, 7) is 2.33. The summed E-state index contributed by atoms with van der Waals surface area (Å²) in [4.78, 5) is 29.5. The first-order valence-electron chi connectivity index (χ1n) is 11.4. The summed E-state index contributed by atoms with van der Waals surface area (Å²) in [5.74, 6) is -0.934. The molecule has 1 aliphatic heterocycles. The van der Waals surface area contributed by atoms with Crippen LogP contribution in [0, 0.1) is 5.82 Å². The fourth-order valence-electron chi connectivity index (χ4n) is 4.40. The standard InChI is InChI=1S/C28H23BrFN3O2/c29-25-9-4-6-21-22(25)7-3-8-23(21)27(34)31-19-11-13-20(14-12-19)32-15-17-33(18-16-32)28(35)24-5-1-2-10-26(24)30/h1-14H,15-18H2,(H,31,34). The third kappa shape index (κ3) is 4.77. The molecule has 1 fully saturated rings. The molecule has 0 saturated carbocycles. The highest BCUT2D eigenvalue weighted by Crippen LogP contribution is 2.27. The summed E-state index contributed by atoms with van der Waals surface area (Å²) in [7, 11) is 0. The van der Waals surface area contributed by atoms with Crippen LogP contribution >= 0.6 is 15.9 Å². The Hall–Kier alpha value is -3.71. The van der Waals surface area contributed by atoms with Gasteiger partial charge in [-0.3, -0.25) is 9.59 Å². The van der Waals surface area contributed by atoms with Crippen LogP contribution in [0.25, 0.3) is 10.8 Å². The topological polar surface area (TPSA) is 52.7 Å². The molecule has 2 amide bonds. The van der Waals surface area contributed by atoms with Crippen LogP contribution in [0.2, 0.25) is 0 Å². The molecule has 4 aromatic carbocycles. The predicted octanol–water partition coefficient (Wildman–Crippen LogP) is 5.96. The fraction of sp³-hybridized carbons (Fsp3) is 0.143. The highest BCUT2D eigenvalue weighted by molar-refractivity contribution is 9.10. The highest BCUT2D eigenvalue weighted by atomic mass is 79.9. The van der Waals surface area contributed by atoms with Crippen molar-refractivity contribution in [1.29, 1.82) is 0 Å². The van der Waals surface area contributed by atoms with Crippen molar-refractivity contribution in [2.24, 2.45) is 0 Å². The number of amides is 2. The van der Waals surface area contributed by atoms with E-state index in [0.29, 0.717) is 37.4 Å². The first-order chi connectivity index (χ1) is 17.0. The quantitative estimate of drug-likeness (QED) is 0.353. The van der Waals surface area contributed by atoms with E-state index in [9.17, 15) is 14.0 Å². The number of carbonyl (C=O) groups excluding carboxylic acids is 2. The van der Waals surface area contributed by atoms with E-state index in [1.54, 1.807) is 17.0 Å². The molecular formula is C28H23BrFN3O2. The molecule has 5 nitrogen and oxygen atoms in total. The molecule has 1 saturated heterocycles. The van der Waals surface area contributed by atoms with Gasteiger partial charge in [0.15, 0.2) is 0 Å². The summed E-state index contributed by atoms with van der Waals surface area (Å²) in [6, 6.07) is 25.3. The number of benzene rings is 4. The number of hydrogen-bond acceptors (Lipinski definition) is 3. The van der Waals surface area contributed by atoms with Gasteiger partial charge in [0.1, 0.15) is 5.82 Å². The zero-order valence-electron chi connectivity index (χ0n) is 18.9. The van der Waals surface area contributed by atoms with E-state index in [0.717, 1.165) is 20.9 Å². The second-order valence-corrected chi connectivity index (χ2v) is 9.25. The molecule has 0 atom stereocenters. The molecule has 0 unspecified atom stereocenters. The molecule has 176 valence electrons. The Morgan fingerprint density at radius 2 is 1.40 bits per heavy atom. The van der Waals surface area contributed by atoms with Gasteiger partial charge in [0, 0.05) is 47.6 Å². The summed E-state index contributed by atoms with van der Waals surface area (Å²) in [5, 5.41) is 4.86. The summed E-state index contributed by atoms with van der Waals surface area (Å²) < 4.78 is 14.9. The van der Waals surface area contributed by atoms with Gasteiger partial charge in [0.2, 0.25) is 0 Å². The van der Waals surface area contributed by atoms with Crippen molar-refractivity contribution in [2.75, 3.05) is 36.4 Å². The van der Waals surface area contributed by atoms with Crippen molar-refractivity contribution in [2.45, 2.75) is 0 Å². The molecule has 7 heteroatoms. The predicted molar refractivity (Wildman–Crippen MR) is 141 cm³/mol. The SMILES string of the molecule is O=C(Nc1ccc(N2CCN(C(=O)c3ccccc3F)CC2)cc1)c1cccc2c(Br)cccc12. The van der Waals surface area contributed by atoms with Gasteiger partial charge in [-0.1, -0.05) is 52.3 Å². The molecule has 0 bridgehead atoms. The van der Waals surface area contributed by atoms with E-state index in [4.69, 9.17) is 0 Å². The number of nitrogens with one attached hydrogen (secondary N) is 1. The lowest BCUT2D eigenvalue weighted by atomic mass is 10.0. The maximum atomic E-state index is 14.0. The number of anilines is 2. The molecule has 0 spiro atoms. The second kappa shape index (κ2) is 9.88. The molecular weight excluding hydrogens is 509 g/mol. The van der Waals surface area contributed by atoms with E-state index in [1.165, 1.54) is 12.1 Å². The fourth-order valence-corrected chi connectivity index (χ4v) is 4.89. The van der Waals surface area contributed by atoms with Crippen molar-refractivity contribution in [3.63, 3.8) is 0 Å². The molecule has 4 aromatic rings. The maximum Gasteiger partial charge on any atom is 0.256 e. The van der Waals surface area contributed by atoms with Crippen molar-refractivity contribution in [3.05, 3.63) is 106 Å². The Morgan fingerprint density at radius 1 is 0.743 bits per heavy atom. The third-order valence-electron chi connectivity index (χ3n) is 6.27. The lowest BCUT2D eigenvalue weighted by Crippen LogP contribution is -2.49. The van der Waals surface area contributed by atoms with E-state index in [1.807, 2.05) is 60.7 Å². The Balaban J connectivity index is 1.23. The lowest BCUT2D eigenvalue weighted by molar-refractivity contribution is 0.0742. The van der Waals surface area contributed by atoms with E-state index in [2.05, 4.69) is 26.1 Å². The number of fused-ring (bicyclic) bond motifs is 1. The van der Waals surface area contributed by atoms with Crippen molar-refractivity contribution in [1.82, 2.24) is 4.90 Å². The second-order valence-electron chi connectivity index (χ2n) is 8.40. The number of halogens is 2. The van der Waals surface area contributed by atoms with Crippen LogP contribution in [0.5, 0.6) is 0 Å². The molecule has 0 radical (unpaired) electrons. The van der Waals surface area contributed by atoms with Gasteiger partial charge in [0.05, 0.1) is 5.56 Å². The summed E-state index contributed by atoms with van der Waals surface area (Å²) in [6.07, 6.45) is 0. The normalized spacial score (nSPS) is 13.7. The zero-order valence-corrected chi connectivity index (χ0v) is 20.5. The summed E-state index contributed by atoms with van der Waals surface area (Å²) in [5.41, 5.74) is 2.44. The minimum Gasteiger partial charge on any atom is -0.368 e. The van der Waals surface area contributed by atoms with Crippen LogP contribution in [0.3, 0.4) is 0 Å². The van der Waals surface area contributed by atoms with Crippen LogP contribution < -0.4 is 10.2 Å². The number of piperazine rings is 1. The first-order valence-corrected chi connectivity index (χ1v) is 12.2. The largest absolute Gasteiger partial charge is 0.368 e. The minimum absolute atomic E-state index is 0.111. The Labute approximate surface area is 211 Å².